The monoisotopic (exact) mass is 367 g/mol. The molecule has 6 heteroatoms. The highest BCUT2D eigenvalue weighted by Crippen LogP contribution is 2.15. The summed E-state index contributed by atoms with van der Waals surface area (Å²) in [6.07, 6.45) is 4.22. The fraction of sp³-hybridized carbons (Fsp3) is 0.150. The zero-order valence-electron chi connectivity index (χ0n) is 14.1. The van der Waals surface area contributed by atoms with Crippen LogP contribution in [0.3, 0.4) is 0 Å². The smallest absolute Gasteiger partial charge is 0.257 e. The quantitative estimate of drug-likeness (QED) is 0.693. The number of nitrogens with zero attached hydrogens (tertiary/aromatic N) is 2. The Hall–Kier alpha value is -2.92. The van der Waals surface area contributed by atoms with Gasteiger partial charge >= 0.3 is 0 Å². The van der Waals surface area contributed by atoms with Crippen LogP contribution >= 0.6 is 11.6 Å². The molecule has 0 aliphatic rings. The molecular weight excluding hydrogens is 350 g/mol. The van der Waals surface area contributed by atoms with Gasteiger partial charge in [-0.15, -0.1) is 0 Å². The van der Waals surface area contributed by atoms with Gasteiger partial charge in [0, 0.05) is 29.5 Å². The summed E-state index contributed by atoms with van der Waals surface area (Å²) in [5, 5.41) is 3.44. The van der Waals surface area contributed by atoms with E-state index >= 15 is 0 Å². The molecular formula is C20H18ClN3O2. The van der Waals surface area contributed by atoms with Gasteiger partial charge < -0.3 is 10.1 Å². The van der Waals surface area contributed by atoms with E-state index in [0.717, 1.165) is 11.1 Å². The van der Waals surface area contributed by atoms with Gasteiger partial charge in [-0.05, 0) is 36.2 Å². The summed E-state index contributed by atoms with van der Waals surface area (Å²) in [7, 11) is 0. The molecule has 0 fully saturated rings. The molecule has 1 N–H and O–H groups in total. The second-order valence-corrected chi connectivity index (χ2v) is 6.06. The first kappa shape index (κ1) is 17.9. The van der Waals surface area contributed by atoms with Crippen LogP contribution in [-0.4, -0.2) is 29.0 Å². The maximum absolute atomic E-state index is 11.8. The molecule has 0 aliphatic heterocycles. The lowest BCUT2D eigenvalue weighted by atomic mass is 10.2. The number of amides is 1. The van der Waals surface area contributed by atoms with Crippen LogP contribution < -0.4 is 10.1 Å². The van der Waals surface area contributed by atoms with Gasteiger partial charge in [-0.2, -0.15) is 0 Å². The number of rotatable bonds is 7. The Morgan fingerprint density at radius 3 is 2.38 bits per heavy atom. The number of halogens is 1. The predicted molar refractivity (Wildman–Crippen MR) is 101 cm³/mol. The SMILES string of the molecule is O=C(COc1ccc(Cl)cc1)NCCc1cnc(-c2ccccc2)nc1. The van der Waals surface area contributed by atoms with Crippen molar-refractivity contribution in [1.82, 2.24) is 15.3 Å². The Labute approximate surface area is 157 Å². The van der Waals surface area contributed by atoms with Crippen LogP contribution in [0.15, 0.2) is 67.0 Å². The summed E-state index contributed by atoms with van der Waals surface area (Å²) in [6, 6.07) is 16.7. The third-order valence-electron chi connectivity index (χ3n) is 3.66. The van der Waals surface area contributed by atoms with E-state index in [0.29, 0.717) is 29.6 Å². The summed E-state index contributed by atoms with van der Waals surface area (Å²) >= 11 is 5.80. The van der Waals surface area contributed by atoms with Crippen molar-refractivity contribution in [1.29, 1.82) is 0 Å². The number of nitrogens with one attached hydrogen (secondary N) is 1. The normalized spacial score (nSPS) is 10.3. The van der Waals surface area contributed by atoms with Crippen LogP contribution in [0, 0.1) is 0 Å². The number of hydrogen-bond donors (Lipinski definition) is 1. The van der Waals surface area contributed by atoms with Gasteiger partial charge in [0.2, 0.25) is 0 Å². The van der Waals surface area contributed by atoms with Crippen molar-refractivity contribution in [3.63, 3.8) is 0 Å². The van der Waals surface area contributed by atoms with Crippen LogP contribution in [0.4, 0.5) is 0 Å². The van der Waals surface area contributed by atoms with Crippen molar-refractivity contribution in [2.24, 2.45) is 0 Å². The van der Waals surface area contributed by atoms with Gasteiger partial charge in [0.15, 0.2) is 12.4 Å². The molecule has 3 rings (SSSR count). The first-order valence-electron chi connectivity index (χ1n) is 8.22. The zero-order chi connectivity index (χ0) is 18.2. The van der Waals surface area contributed by atoms with Crippen molar-refractivity contribution in [3.05, 3.63) is 77.6 Å². The van der Waals surface area contributed by atoms with Crippen molar-refractivity contribution in [2.45, 2.75) is 6.42 Å². The Morgan fingerprint density at radius 2 is 1.69 bits per heavy atom. The van der Waals surface area contributed by atoms with Crippen molar-refractivity contribution < 1.29 is 9.53 Å². The first-order chi connectivity index (χ1) is 12.7. The Kier molecular flexibility index (Phi) is 6.17. The van der Waals surface area contributed by atoms with Gasteiger partial charge in [0.05, 0.1) is 0 Å². The second-order valence-electron chi connectivity index (χ2n) is 5.62. The minimum atomic E-state index is -0.179. The van der Waals surface area contributed by atoms with Crippen LogP contribution in [-0.2, 0) is 11.2 Å². The van der Waals surface area contributed by atoms with E-state index in [2.05, 4.69) is 15.3 Å². The fourth-order valence-electron chi connectivity index (χ4n) is 2.30. The van der Waals surface area contributed by atoms with Gasteiger partial charge in [-0.3, -0.25) is 4.79 Å². The summed E-state index contributed by atoms with van der Waals surface area (Å²) in [4.78, 5) is 20.6. The summed E-state index contributed by atoms with van der Waals surface area (Å²) < 4.78 is 5.39. The molecule has 0 unspecified atom stereocenters. The Morgan fingerprint density at radius 1 is 1.00 bits per heavy atom. The molecule has 0 spiro atoms. The lowest BCUT2D eigenvalue weighted by Crippen LogP contribution is -2.30. The summed E-state index contributed by atoms with van der Waals surface area (Å²) in [6.45, 7) is 0.460. The zero-order valence-corrected chi connectivity index (χ0v) is 14.8. The third-order valence-corrected chi connectivity index (χ3v) is 3.91. The molecule has 2 aromatic carbocycles. The molecule has 0 atom stereocenters. The van der Waals surface area contributed by atoms with E-state index < -0.39 is 0 Å². The molecule has 26 heavy (non-hydrogen) atoms. The molecule has 1 aromatic heterocycles. The first-order valence-corrected chi connectivity index (χ1v) is 8.60. The molecule has 0 saturated carbocycles. The Bertz CT molecular complexity index is 837. The van der Waals surface area contributed by atoms with Crippen molar-refractivity contribution in [2.75, 3.05) is 13.2 Å². The Balaban J connectivity index is 1.41. The molecule has 3 aromatic rings. The highest BCUT2D eigenvalue weighted by molar-refractivity contribution is 6.30. The van der Waals surface area contributed by atoms with Crippen molar-refractivity contribution in [3.8, 4) is 17.1 Å². The molecule has 0 radical (unpaired) electrons. The van der Waals surface area contributed by atoms with Crippen LogP contribution in [0.2, 0.25) is 5.02 Å². The van der Waals surface area contributed by atoms with E-state index in [1.54, 1.807) is 36.7 Å². The largest absolute Gasteiger partial charge is 0.484 e. The lowest BCUT2D eigenvalue weighted by Gasteiger charge is -2.08. The third kappa shape index (κ3) is 5.29. The molecule has 1 amide bonds. The average molecular weight is 368 g/mol. The van der Waals surface area contributed by atoms with E-state index in [9.17, 15) is 4.79 Å². The maximum atomic E-state index is 11.8. The number of carbonyl (C=O) groups excluding carboxylic acids is 1. The van der Waals surface area contributed by atoms with E-state index in [4.69, 9.17) is 16.3 Å². The molecule has 132 valence electrons. The average Bonchev–Trinajstić information content (AvgIpc) is 2.69. The van der Waals surface area contributed by atoms with Crippen LogP contribution in [0.25, 0.3) is 11.4 Å². The van der Waals surface area contributed by atoms with Crippen molar-refractivity contribution >= 4 is 17.5 Å². The van der Waals surface area contributed by atoms with E-state index in [1.807, 2.05) is 30.3 Å². The van der Waals surface area contributed by atoms with Gasteiger partial charge in [0.25, 0.3) is 5.91 Å². The topological polar surface area (TPSA) is 64.1 Å². The number of ether oxygens (including phenoxy) is 1. The molecule has 0 aliphatic carbocycles. The fourth-order valence-corrected chi connectivity index (χ4v) is 2.42. The van der Waals surface area contributed by atoms with Crippen LogP contribution in [0.1, 0.15) is 5.56 Å². The summed E-state index contributed by atoms with van der Waals surface area (Å²) in [5.74, 6) is 1.12. The predicted octanol–water partition coefficient (Wildman–Crippen LogP) is 3.53. The lowest BCUT2D eigenvalue weighted by molar-refractivity contribution is -0.123. The number of benzene rings is 2. The number of hydrogen-bond acceptors (Lipinski definition) is 4. The highest BCUT2D eigenvalue weighted by Gasteiger charge is 2.04. The molecule has 5 nitrogen and oxygen atoms in total. The van der Waals surface area contributed by atoms with E-state index in [1.165, 1.54) is 0 Å². The number of aromatic nitrogens is 2. The second kappa shape index (κ2) is 8.97. The molecule has 1 heterocycles. The standard InChI is InChI=1S/C20H18ClN3O2/c21-17-6-8-18(9-7-17)26-14-19(25)22-11-10-15-12-23-20(24-13-15)16-4-2-1-3-5-16/h1-9,12-13H,10-11,14H2,(H,22,25). The molecule has 0 saturated heterocycles. The van der Waals surface area contributed by atoms with E-state index in [-0.39, 0.29) is 12.5 Å². The molecule has 0 bridgehead atoms. The highest BCUT2D eigenvalue weighted by atomic mass is 35.5. The van der Waals surface area contributed by atoms with Gasteiger partial charge in [0.1, 0.15) is 5.75 Å². The maximum Gasteiger partial charge on any atom is 0.257 e. The summed E-state index contributed by atoms with van der Waals surface area (Å²) in [5.41, 5.74) is 1.94. The van der Waals surface area contributed by atoms with Crippen LogP contribution in [0.5, 0.6) is 5.75 Å². The minimum Gasteiger partial charge on any atom is -0.484 e. The van der Waals surface area contributed by atoms with Gasteiger partial charge in [-0.1, -0.05) is 41.9 Å². The van der Waals surface area contributed by atoms with Gasteiger partial charge in [-0.25, -0.2) is 9.97 Å². The minimum absolute atomic E-state index is 0.0366. The number of carbonyl (C=O) groups is 1.